The van der Waals surface area contributed by atoms with Crippen molar-refractivity contribution in [2.24, 2.45) is 0 Å². The van der Waals surface area contributed by atoms with Crippen LogP contribution in [0.25, 0.3) is 0 Å². The molecule has 0 amide bonds. The molecule has 1 N–H and O–H groups in total. The van der Waals surface area contributed by atoms with Crippen LogP contribution in [0.1, 0.15) is 6.42 Å². The fraction of sp³-hybridized carbons (Fsp3) is 1.00. The molecule has 52 valence electrons. The number of rotatable bonds is 3. The zero-order valence-corrected chi connectivity index (χ0v) is 6.06. The van der Waals surface area contributed by atoms with Gasteiger partial charge in [-0.3, -0.25) is 0 Å². The van der Waals surface area contributed by atoms with Crippen molar-refractivity contribution in [1.82, 2.24) is 5.32 Å². The molecule has 2 heteroatoms. The van der Waals surface area contributed by atoms with Gasteiger partial charge in [0, 0.05) is 19.0 Å². The average molecular weight is 127 g/mol. The smallest absolute Gasteiger partial charge is 0.128 e. The summed E-state index contributed by atoms with van der Waals surface area (Å²) < 4.78 is 1.35. The second kappa shape index (κ2) is 1.70. The molecule has 2 rings (SSSR count). The van der Waals surface area contributed by atoms with E-state index in [9.17, 15) is 0 Å². The summed E-state index contributed by atoms with van der Waals surface area (Å²) in [6.45, 7) is 5.52. The van der Waals surface area contributed by atoms with Crippen molar-refractivity contribution in [2.75, 3.05) is 33.2 Å². The van der Waals surface area contributed by atoms with E-state index in [1.807, 2.05) is 0 Å². The number of nitrogens with one attached hydrogen (secondary N) is 1. The van der Waals surface area contributed by atoms with Crippen LogP contribution >= 0.6 is 0 Å². The van der Waals surface area contributed by atoms with Gasteiger partial charge in [-0.15, -0.1) is 0 Å². The lowest BCUT2D eigenvalue weighted by Crippen LogP contribution is -2.22. The summed E-state index contributed by atoms with van der Waals surface area (Å²) in [6.07, 6.45) is 1.40. The van der Waals surface area contributed by atoms with Gasteiger partial charge in [0.05, 0.1) is 13.6 Å². The third kappa shape index (κ3) is 1.43. The van der Waals surface area contributed by atoms with E-state index in [4.69, 9.17) is 0 Å². The first-order valence-corrected chi connectivity index (χ1v) is 3.85. The largest absolute Gasteiger partial charge is 0.317 e. The normalized spacial score (nSPS) is 36.3. The molecule has 2 heterocycles. The fourth-order valence-electron chi connectivity index (χ4n) is 1.15. The van der Waals surface area contributed by atoms with E-state index in [0.717, 1.165) is 6.04 Å². The van der Waals surface area contributed by atoms with Crippen molar-refractivity contribution in [1.29, 1.82) is 0 Å². The number of hydrogen-bond acceptors (Lipinski definition) is 1. The fourth-order valence-corrected chi connectivity index (χ4v) is 1.15. The molecule has 0 aromatic rings. The summed E-state index contributed by atoms with van der Waals surface area (Å²) in [5, 5.41) is 3.32. The minimum atomic E-state index is 0.889. The van der Waals surface area contributed by atoms with Crippen molar-refractivity contribution in [2.45, 2.75) is 12.5 Å². The van der Waals surface area contributed by atoms with Crippen LogP contribution in [0.5, 0.6) is 0 Å². The Kier molecular flexibility index (Phi) is 1.08. The van der Waals surface area contributed by atoms with Crippen LogP contribution in [0, 0.1) is 0 Å². The zero-order valence-electron chi connectivity index (χ0n) is 6.06. The third-order valence-corrected chi connectivity index (χ3v) is 2.50. The molecule has 2 fully saturated rings. The highest BCUT2D eigenvalue weighted by Crippen LogP contribution is 2.18. The van der Waals surface area contributed by atoms with Crippen molar-refractivity contribution in [3.05, 3.63) is 0 Å². The summed E-state index contributed by atoms with van der Waals surface area (Å²) >= 11 is 0. The van der Waals surface area contributed by atoms with Gasteiger partial charge in [-0.25, -0.2) is 0 Å². The van der Waals surface area contributed by atoms with Crippen LogP contribution in [0.4, 0.5) is 0 Å². The molecule has 0 spiro atoms. The predicted molar refractivity (Wildman–Crippen MR) is 37.2 cm³/mol. The van der Waals surface area contributed by atoms with Gasteiger partial charge in [0.25, 0.3) is 0 Å². The van der Waals surface area contributed by atoms with Gasteiger partial charge < -0.3 is 9.80 Å². The van der Waals surface area contributed by atoms with Gasteiger partial charge >= 0.3 is 0 Å². The Morgan fingerprint density at radius 2 is 2.22 bits per heavy atom. The number of likely N-dealkylation sites (N-methyl/N-ethyl adjacent to an activating group) is 1. The molecule has 2 nitrogen and oxygen atoms in total. The van der Waals surface area contributed by atoms with E-state index in [1.165, 1.54) is 37.1 Å². The monoisotopic (exact) mass is 127 g/mol. The Hall–Kier alpha value is -0.0800. The first-order chi connectivity index (χ1) is 4.29. The van der Waals surface area contributed by atoms with Crippen molar-refractivity contribution < 1.29 is 4.48 Å². The number of hydrogen-bond donors (Lipinski definition) is 1. The molecule has 0 saturated carbocycles. The standard InChI is InChI=1S/C7H15N2/c1-9(4-5-9)3-2-7-6-8-7/h7-8H,2-6H2,1H3/q+1. The van der Waals surface area contributed by atoms with Crippen LogP contribution in [0.3, 0.4) is 0 Å². The van der Waals surface area contributed by atoms with Crippen LogP contribution in [-0.4, -0.2) is 43.8 Å². The van der Waals surface area contributed by atoms with E-state index in [0.29, 0.717) is 0 Å². The first-order valence-electron chi connectivity index (χ1n) is 3.85. The van der Waals surface area contributed by atoms with Crippen LogP contribution in [0.2, 0.25) is 0 Å². The molecule has 0 aromatic carbocycles. The van der Waals surface area contributed by atoms with Crippen LogP contribution in [0.15, 0.2) is 0 Å². The summed E-state index contributed by atoms with van der Waals surface area (Å²) in [6, 6.07) is 0.889. The highest BCUT2D eigenvalue weighted by atomic mass is 15.4. The molecule has 0 bridgehead atoms. The maximum Gasteiger partial charge on any atom is 0.128 e. The third-order valence-electron chi connectivity index (χ3n) is 2.50. The van der Waals surface area contributed by atoms with Crippen molar-refractivity contribution in [3.63, 3.8) is 0 Å². The Morgan fingerprint density at radius 1 is 1.56 bits per heavy atom. The van der Waals surface area contributed by atoms with Gasteiger partial charge in [0.15, 0.2) is 0 Å². The van der Waals surface area contributed by atoms with E-state index < -0.39 is 0 Å². The van der Waals surface area contributed by atoms with Crippen molar-refractivity contribution >= 4 is 0 Å². The van der Waals surface area contributed by atoms with Gasteiger partial charge in [0.2, 0.25) is 0 Å². The molecule has 0 aliphatic carbocycles. The maximum absolute atomic E-state index is 3.32. The molecule has 0 radical (unpaired) electrons. The van der Waals surface area contributed by atoms with Crippen LogP contribution in [-0.2, 0) is 0 Å². The quantitative estimate of drug-likeness (QED) is 0.412. The lowest BCUT2D eigenvalue weighted by molar-refractivity contribution is -0.777. The minimum absolute atomic E-state index is 0.889. The summed E-state index contributed by atoms with van der Waals surface area (Å²) in [7, 11) is 2.35. The zero-order chi connectivity index (χ0) is 6.32. The van der Waals surface area contributed by atoms with Crippen LogP contribution < -0.4 is 5.32 Å². The molecule has 1 atom stereocenters. The van der Waals surface area contributed by atoms with Gasteiger partial charge in [-0.05, 0) is 0 Å². The second-order valence-electron chi connectivity index (χ2n) is 3.68. The van der Waals surface area contributed by atoms with E-state index in [1.54, 1.807) is 0 Å². The molecule has 0 aromatic heterocycles. The van der Waals surface area contributed by atoms with Gasteiger partial charge in [-0.2, -0.15) is 0 Å². The number of nitrogens with zero attached hydrogens (tertiary/aromatic N) is 1. The first kappa shape index (κ1) is 5.69. The topological polar surface area (TPSA) is 21.9 Å². The van der Waals surface area contributed by atoms with Crippen molar-refractivity contribution in [3.8, 4) is 0 Å². The molecule has 2 aliphatic rings. The van der Waals surface area contributed by atoms with E-state index in [-0.39, 0.29) is 0 Å². The van der Waals surface area contributed by atoms with E-state index in [2.05, 4.69) is 12.4 Å². The summed E-state index contributed by atoms with van der Waals surface area (Å²) in [4.78, 5) is 0. The lowest BCUT2D eigenvalue weighted by Gasteiger charge is -2.09. The molecule has 9 heavy (non-hydrogen) atoms. The Morgan fingerprint density at radius 3 is 2.67 bits per heavy atom. The SMILES string of the molecule is C[N+]1(CCC2CN2)CC1. The summed E-state index contributed by atoms with van der Waals surface area (Å²) in [5.74, 6) is 0. The maximum atomic E-state index is 3.32. The highest BCUT2D eigenvalue weighted by molar-refractivity contribution is 4.82. The Balaban J connectivity index is 1.65. The summed E-state index contributed by atoms with van der Waals surface area (Å²) in [5.41, 5.74) is 0. The van der Waals surface area contributed by atoms with Gasteiger partial charge in [0.1, 0.15) is 13.1 Å². The Bertz CT molecular complexity index is 114. The lowest BCUT2D eigenvalue weighted by atomic mass is 10.3. The molecule has 2 saturated heterocycles. The molecule has 2 aliphatic heterocycles. The number of quaternary nitrogens is 1. The molecular formula is C7H15N2+. The minimum Gasteiger partial charge on any atom is -0.317 e. The second-order valence-corrected chi connectivity index (χ2v) is 3.68. The predicted octanol–water partition coefficient (Wildman–Crippen LogP) is -0.191. The average Bonchev–Trinajstić information content (AvgIpc) is 2.58. The Labute approximate surface area is 56.4 Å². The highest BCUT2D eigenvalue weighted by Gasteiger charge is 2.37. The van der Waals surface area contributed by atoms with E-state index >= 15 is 0 Å². The molecular weight excluding hydrogens is 112 g/mol. The van der Waals surface area contributed by atoms with Gasteiger partial charge in [-0.1, -0.05) is 0 Å². The molecule has 1 unspecified atom stereocenters.